The zero-order chi connectivity index (χ0) is 15.9. The summed E-state index contributed by atoms with van der Waals surface area (Å²) in [5.74, 6) is -0.0596. The number of amides is 3. The van der Waals surface area contributed by atoms with E-state index in [-0.39, 0.29) is 24.5 Å². The van der Waals surface area contributed by atoms with Gasteiger partial charge in [0, 0.05) is 37.2 Å². The second-order valence-electron chi connectivity index (χ2n) is 5.30. The second-order valence-corrected chi connectivity index (χ2v) is 5.74. The van der Waals surface area contributed by atoms with Crippen molar-refractivity contribution in [3.8, 4) is 0 Å². The van der Waals surface area contributed by atoms with Crippen molar-refractivity contribution in [2.45, 2.75) is 19.5 Å². The molecule has 0 spiro atoms. The quantitative estimate of drug-likeness (QED) is 0.772. The van der Waals surface area contributed by atoms with Gasteiger partial charge in [-0.05, 0) is 24.6 Å². The van der Waals surface area contributed by atoms with Crippen molar-refractivity contribution >= 4 is 23.5 Å². The molecule has 0 unspecified atom stereocenters. The van der Waals surface area contributed by atoms with Crippen LogP contribution in [-0.2, 0) is 11.3 Å². The maximum absolute atomic E-state index is 12.1. The third kappa shape index (κ3) is 4.89. The van der Waals surface area contributed by atoms with Gasteiger partial charge in [-0.3, -0.25) is 4.79 Å². The van der Waals surface area contributed by atoms with E-state index in [1.54, 1.807) is 17.0 Å². The Balaban J connectivity index is 1.70. The SMILES string of the molecule is C[C@@H]1CNCCN1C(=O)CNC(=O)NCc1ccc(Cl)cc1. The van der Waals surface area contributed by atoms with Crippen molar-refractivity contribution in [1.82, 2.24) is 20.9 Å². The molecule has 22 heavy (non-hydrogen) atoms. The van der Waals surface area contributed by atoms with Crippen LogP contribution in [-0.4, -0.2) is 49.1 Å². The molecule has 1 aliphatic heterocycles. The highest BCUT2D eigenvalue weighted by molar-refractivity contribution is 6.30. The summed E-state index contributed by atoms with van der Waals surface area (Å²) in [6, 6.07) is 7.02. The zero-order valence-electron chi connectivity index (χ0n) is 12.6. The smallest absolute Gasteiger partial charge is 0.315 e. The Morgan fingerprint density at radius 1 is 1.32 bits per heavy atom. The molecule has 7 heteroatoms. The van der Waals surface area contributed by atoms with E-state index in [0.29, 0.717) is 18.1 Å². The van der Waals surface area contributed by atoms with Crippen LogP contribution in [0.1, 0.15) is 12.5 Å². The number of nitrogens with zero attached hydrogens (tertiary/aromatic N) is 1. The molecule has 1 aliphatic rings. The molecule has 0 aliphatic carbocycles. The fourth-order valence-corrected chi connectivity index (χ4v) is 2.44. The van der Waals surface area contributed by atoms with Crippen LogP contribution in [0.2, 0.25) is 5.02 Å². The molecule has 0 bridgehead atoms. The monoisotopic (exact) mass is 324 g/mol. The van der Waals surface area contributed by atoms with Crippen molar-refractivity contribution in [3.63, 3.8) is 0 Å². The molecular weight excluding hydrogens is 304 g/mol. The molecule has 1 heterocycles. The fourth-order valence-electron chi connectivity index (χ4n) is 2.32. The van der Waals surface area contributed by atoms with Gasteiger partial charge in [0.15, 0.2) is 0 Å². The lowest BCUT2D eigenvalue weighted by molar-refractivity contribution is -0.132. The highest BCUT2D eigenvalue weighted by Crippen LogP contribution is 2.09. The van der Waals surface area contributed by atoms with E-state index in [9.17, 15) is 9.59 Å². The first-order valence-corrected chi connectivity index (χ1v) is 7.70. The Bertz CT molecular complexity index is 521. The molecular formula is C15H21ClN4O2. The molecule has 0 aromatic heterocycles. The molecule has 2 rings (SSSR count). The minimum Gasteiger partial charge on any atom is -0.336 e. The number of rotatable bonds is 4. The second kappa shape index (κ2) is 8.00. The van der Waals surface area contributed by atoms with Gasteiger partial charge in [-0.1, -0.05) is 23.7 Å². The van der Waals surface area contributed by atoms with Crippen molar-refractivity contribution in [2.24, 2.45) is 0 Å². The third-order valence-corrected chi connectivity index (χ3v) is 3.84. The number of carbonyl (C=O) groups excluding carboxylic acids is 2. The number of nitrogens with one attached hydrogen (secondary N) is 3. The van der Waals surface area contributed by atoms with Crippen LogP contribution in [0.25, 0.3) is 0 Å². The number of carbonyl (C=O) groups is 2. The van der Waals surface area contributed by atoms with Gasteiger partial charge in [0.2, 0.25) is 5.91 Å². The van der Waals surface area contributed by atoms with Crippen LogP contribution in [0.3, 0.4) is 0 Å². The Morgan fingerprint density at radius 2 is 2.05 bits per heavy atom. The van der Waals surface area contributed by atoms with Crippen LogP contribution >= 0.6 is 11.6 Å². The van der Waals surface area contributed by atoms with Gasteiger partial charge < -0.3 is 20.9 Å². The Kier molecular flexibility index (Phi) is 6.03. The number of urea groups is 1. The first kappa shape index (κ1) is 16.6. The molecule has 120 valence electrons. The van der Waals surface area contributed by atoms with Crippen molar-refractivity contribution in [2.75, 3.05) is 26.2 Å². The van der Waals surface area contributed by atoms with E-state index >= 15 is 0 Å². The Hall–Kier alpha value is -1.79. The summed E-state index contributed by atoms with van der Waals surface area (Å²) in [4.78, 5) is 25.6. The van der Waals surface area contributed by atoms with Gasteiger partial charge in [0.05, 0.1) is 6.54 Å². The third-order valence-electron chi connectivity index (χ3n) is 3.59. The van der Waals surface area contributed by atoms with E-state index < -0.39 is 0 Å². The van der Waals surface area contributed by atoms with Gasteiger partial charge in [-0.25, -0.2) is 4.79 Å². The Morgan fingerprint density at radius 3 is 2.73 bits per heavy atom. The number of benzene rings is 1. The molecule has 1 saturated heterocycles. The summed E-state index contributed by atoms with van der Waals surface area (Å²) < 4.78 is 0. The van der Waals surface area contributed by atoms with Crippen LogP contribution in [0.15, 0.2) is 24.3 Å². The average Bonchev–Trinajstić information content (AvgIpc) is 2.52. The number of piperazine rings is 1. The number of hydrogen-bond donors (Lipinski definition) is 3. The maximum Gasteiger partial charge on any atom is 0.315 e. The Labute approximate surface area is 135 Å². The van der Waals surface area contributed by atoms with E-state index in [1.807, 2.05) is 19.1 Å². The van der Waals surface area contributed by atoms with E-state index in [1.165, 1.54) is 0 Å². The fraction of sp³-hybridized carbons (Fsp3) is 0.467. The molecule has 1 fully saturated rings. The number of hydrogen-bond acceptors (Lipinski definition) is 3. The summed E-state index contributed by atoms with van der Waals surface area (Å²) in [6.45, 7) is 4.64. The summed E-state index contributed by atoms with van der Waals surface area (Å²) in [7, 11) is 0. The summed E-state index contributed by atoms with van der Waals surface area (Å²) in [6.07, 6.45) is 0. The van der Waals surface area contributed by atoms with Crippen molar-refractivity contribution < 1.29 is 9.59 Å². The largest absolute Gasteiger partial charge is 0.336 e. The van der Waals surface area contributed by atoms with Crippen molar-refractivity contribution in [1.29, 1.82) is 0 Å². The predicted octanol–water partition coefficient (Wildman–Crippen LogP) is 0.960. The van der Waals surface area contributed by atoms with Crippen LogP contribution < -0.4 is 16.0 Å². The lowest BCUT2D eigenvalue weighted by atomic mass is 10.2. The van der Waals surface area contributed by atoms with Gasteiger partial charge in [-0.2, -0.15) is 0 Å². The molecule has 1 atom stereocenters. The molecule has 1 aromatic carbocycles. The van der Waals surface area contributed by atoms with Crippen LogP contribution in [0.5, 0.6) is 0 Å². The van der Waals surface area contributed by atoms with E-state index in [2.05, 4.69) is 16.0 Å². The van der Waals surface area contributed by atoms with Gasteiger partial charge in [0.1, 0.15) is 0 Å². The van der Waals surface area contributed by atoms with E-state index in [4.69, 9.17) is 11.6 Å². The molecule has 3 amide bonds. The summed E-state index contributed by atoms with van der Waals surface area (Å²) >= 11 is 5.80. The molecule has 1 aromatic rings. The van der Waals surface area contributed by atoms with Crippen molar-refractivity contribution in [3.05, 3.63) is 34.9 Å². The minimum atomic E-state index is -0.355. The highest BCUT2D eigenvalue weighted by Gasteiger charge is 2.22. The first-order chi connectivity index (χ1) is 10.6. The predicted molar refractivity (Wildman–Crippen MR) is 85.7 cm³/mol. The molecule has 0 saturated carbocycles. The minimum absolute atomic E-state index is 0.0107. The molecule has 6 nitrogen and oxygen atoms in total. The van der Waals surface area contributed by atoms with Gasteiger partial charge >= 0.3 is 6.03 Å². The lowest BCUT2D eigenvalue weighted by Gasteiger charge is -2.34. The summed E-state index contributed by atoms with van der Waals surface area (Å²) in [5, 5.41) is 9.19. The molecule has 3 N–H and O–H groups in total. The normalized spacial score (nSPS) is 17.9. The summed E-state index contributed by atoms with van der Waals surface area (Å²) in [5.41, 5.74) is 0.946. The standard InChI is InChI=1S/C15H21ClN4O2/c1-11-8-17-6-7-20(11)14(21)10-19-15(22)18-9-12-2-4-13(16)5-3-12/h2-5,11,17H,6-10H2,1H3,(H2,18,19,22)/t11-/m1/s1. The molecule has 0 radical (unpaired) electrons. The van der Waals surface area contributed by atoms with Crippen LogP contribution in [0.4, 0.5) is 4.79 Å². The maximum atomic E-state index is 12.1. The average molecular weight is 325 g/mol. The highest BCUT2D eigenvalue weighted by atomic mass is 35.5. The zero-order valence-corrected chi connectivity index (χ0v) is 13.3. The van der Waals surface area contributed by atoms with Crippen LogP contribution in [0, 0.1) is 0 Å². The van der Waals surface area contributed by atoms with Gasteiger partial charge in [-0.15, -0.1) is 0 Å². The lowest BCUT2D eigenvalue weighted by Crippen LogP contribution is -2.55. The van der Waals surface area contributed by atoms with E-state index in [0.717, 1.165) is 18.7 Å². The van der Waals surface area contributed by atoms with Gasteiger partial charge in [0.25, 0.3) is 0 Å². The number of halogens is 1. The first-order valence-electron chi connectivity index (χ1n) is 7.32. The topological polar surface area (TPSA) is 73.5 Å².